The molecule has 0 aromatic heterocycles. The SMILES string of the molecule is CCC(C)c1ccc2c(c1)C1CCCC1N2c1ccc(C=C(c2ccccc2)c2ccccc2)cc1. The molecule has 0 bridgehead atoms. The van der Waals surface area contributed by atoms with Crippen LogP contribution in [-0.2, 0) is 0 Å². The summed E-state index contributed by atoms with van der Waals surface area (Å²) in [4.78, 5) is 2.64. The molecule has 0 radical (unpaired) electrons. The van der Waals surface area contributed by atoms with E-state index in [2.05, 4.69) is 128 Å². The molecule has 36 heavy (non-hydrogen) atoms. The molecule has 4 aromatic rings. The fraction of sp³-hybridized carbons (Fsp3) is 0.257. The van der Waals surface area contributed by atoms with Crippen LogP contribution in [0.1, 0.15) is 79.2 Å². The van der Waals surface area contributed by atoms with Gasteiger partial charge >= 0.3 is 0 Å². The second-order valence-corrected chi connectivity index (χ2v) is 10.5. The largest absolute Gasteiger partial charge is 0.338 e. The van der Waals surface area contributed by atoms with Crippen LogP contribution in [0, 0.1) is 0 Å². The average Bonchev–Trinajstić information content (AvgIpc) is 3.53. The van der Waals surface area contributed by atoms with Gasteiger partial charge in [-0.3, -0.25) is 0 Å². The number of anilines is 2. The van der Waals surface area contributed by atoms with Crippen LogP contribution in [0.5, 0.6) is 0 Å². The Morgan fingerprint density at radius 3 is 2.14 bits per heavy atom. The second-order valence-electron chi connectivity index (χ2n) is 10.5. The Morgan fingerprint density at radius 2 is 1.50 bits per heavy atom. The van der Waals surface area contributed by atoms with Crippen molar-refractivity contribution in [3.8, 4) is 0 Å². The van der Waals surface area contributed by atoms with Gasteiger partial charge in [0.2, 0.25) is 0 Å². The molecule has 1 nitrogen and oxygen atoms in total. The molecule has 1 aliphatic carbocycles. The van der Waals surface area contributed by atoms with Crippen molar-refractivity contribution in [2.24, 2.45) is 0 Å². The van der Waals surface area contributed by atoms with Gasteiger partial charge in [0.25, 0.3) is 0 Å². The van der Waals surface area contributed by atoms with E-state index >= 15 is 0 Å². The molecule has 0 saturated heterocycles. The van der Waals surface area contributed by atoms with Gasteiger partial charge in [0.05, 0.1) is 0 Å². The molecule has 6 rings (SSSR count). The Morgan fingerprint density at radius 1 is 0.833 bits per heavy atom. The maximum Gasteiger partial charge on any atom is 0.0449 e. The molecule has 1 saturated carbocycles. The summed E-state index contributed by atoms with van der Waals surface area (Å²) in [5.41, 5.74) is 10.8. The Bertz CT molecular complexity index is 1310. The summed E-state index contributed by atoms with van der Waals surface area (Å²) in [5.74, 6) is 1.30. The zero-order chi connectivity index (χ0) is 24.5. The lowest BCUT2D eigenvalue weighted by molar-refractivity contribution is 0.640. The maximum atomic E-state index is 2.64. The highest BCUT2D eigenvalue weighted by Gasteiger charge is 2.42. The molecule has 2 aliphatic rings. The van der Waals surface area contributed by atoms with Gasteiger partial charge in [-0.2, -0.15) is 0 Å². The molecule has 1 heterocycles. The first kappa shape index (κ1) is 22.9. The molecule has 0 N–H and O–H groups in total. The lowest BCUT2D eigenvalue weighted by Crippen LogP contribution is -2.26. The van der Waals surface area contributed by atoms with Crippen LogP contribution < -0.4 is 4.90 Å². The number of hydrogen-bond donors (Lipinski definition) is 0. The normalized spacial score (nSPS) is 19.0. The predicted octanol–water partition coefficient (Wildman–Crippen LogP) is 9.58. The van der Waals surface area contributed by atoms with Crippen LogP contribution in [0.3, 0.4) is 0 Å². The number of hydrogen-bond acceptors (Lipinski definition) is 1. The van der Waals surface area contributed by atoms with Crippen molar-refractivity contribution in [3.05, 3.63) is 131 Å². The molecule has 3 atom stereocenters. The van der Waals surface area contributed by atoms with Crippen molar-refractivity contribution < 1.29 is 0 Å². The quantitative estimate of drug-likeness (QED) is 0.254. The molecule has 4 aromatic carbocycles. The minimum absolute atomic E-state index is 0.595. The van der Waals surface area contributed by atoms with Gasteiger partial charge < -0.3 is 4.90 Å². The van der Waals surface area contributed by atoms with Crippen molar-refractivity contribution >= 4 is 23.0 Å². The van der Waals surface area contributed by atoms with Crippen LogP contribution >= 0.6 is 0 Å². The number of nitrogens with zero attached hydrogens (tertiary/aromatic N) is 1. The third kappa shape index (κ3) is 4.17. The first-order valence-electron chi connectivity index (χ1n) is 13.6. The van der Waals surface area contributed by atoms with E-state index in [0.717, 1.165) is 0 Å². The average molecular weight is 470 g/mol. The Kier molecular flexibility index (Phi) is 6.23. The third-order valence-electron chi connectivity index (χ3n) is 8.35. The van der Waals surface area contributed by atoms with Gasteiger partial charge in [0.1, 0.15) is 0 Å². The van der Waals surface area contributed by atoms with E-state index in [9.17, 15) is 0 Å². The summed E-state index contributed by atoms with van der Waals surface area (Å²) in [6, 6.07) is 38.5. The van der Waals surface area contributed by atoms with Crippen molar-refractivity contribution in [1.29, 1.82) is 0 Å². The van der Waals surface area contributed by atoms with E-state index in [1.54, 1.807) is 5.56 Å². The monoisotopic (exact) mass is 469 g/mol. The van der Waals surface area contributed by atoms with E-state index in [1.165, 1.54) is 64.9 Å². The summed E-state index contributed by atoms with van der Waals surface area (Å²) in [5, 5.41) is 0. The Balaban J connectivity index is 1.35. The molecular weight excluding hydrogens is 434 g/mol. The van der Waals surface area contributed by atoms with Gasteiger partial charge in [-0.05, 0) is 82.8 Å². The van der Waals surface area contributed by atoms with Gasteiger partial charge in [-0.1, -0.05) is 105 Å². The third-order valence-corrected chi connectivity index (χ3v) is 8.35. The van der Waals surface area contributed by atoms with Gasteiger partial charge in [-0.25, -0.2) is 0 Å². The van der Waals surface area contributed by atoms with Crippen molar-refractivity contribution in [2.45, 2.75) is 57.4 Å². The smallest absolute Gasteiger partial charge is 0.0449 e. The van der Waals surface area contributed by atoms with Crippen molar-refractivity contribution in [1.82, 2.24) is 0 Å². The molecule has 3 unspecified atom stereocenters. The van der Waals surface area contributed by atoms with Crippen LogP contribution in [0.4, 0.5) is 11.4 Å². The predicted molar refractivity (Wildman–Crippen MR) is 154 cm³/mol. The Hall–Kier alpha value is -3.58. The van der Waals surface area contributed by atoms with Crippen molar-refractivity contribution in [2.75, 3.05) is 4.90 Å². The van der Waals surface area contributed by atoms with Crippen LogP contribution in [-0.4, -0.2) is 6.04 Å². The minimum Gasteiger partial charge on any atom is -0.338 e. The van der Waals surface area contributed by atoms with Gasteiger partial charge in [0, 0.05) is 23.3 Å². The highest BCUT2D eigenvalue weighted by Crippen LogP contribution is 2.52. The summed E-state index contributed by atoms with van der Waals surface area (Å²) >= 11 is 0. The number of fused-ring (bicyclic) bond motifs is 3. The number of benzene rings is 4. The lowest BCUT2D eigenvalue weighted by atomic mass is 9.91. The van der Waals surface area contributed by atoms with Crippen LogP contribution in [0.15, 0.2) is 103 Å². The van der Waals surface area contributed by atoms with Gasteiger partial charge in [0.15, 0.2) is 0 Å². The van der Waals surface area contributed by atoms with E-state index in [-0.39, 0.29) is 0 Å². The highest BCUT2D eigenvalue weighted by atomic mass is 15.2. The standard InChI is InChI=1S/C35H35N/c1-3-25(2)29-19-22-35-33(24-29)31-15-10-16-34(31)36(35)30-20-17-26(18-21-30)23-32(27-11-6-4-7-12-27)28-13-8-5-9-14-28/h4-9,11-14,17-25,31,34H,3,10,15-16H2,1-2H3. The van der Waals surface area contributed by atoms with E-state index in [1.807, 2.05) is 0 Å². The molecule has 1 heteroatoms. The molecule has 1 fully saturated rings. The molecule has 1 aliphatic heterocycles. The summed E-state index contributed by atoms with van der Waals surface area (Å²) in [7, 11) is 0. The van der Waals surface area contributed by atoms with Gasteiger partial charge in [-0.15, -0.1) is 0 Å². The fourth-order valence-corrected chi connectivity index (χ4v) is 6.22. The van der Waals surface area contributed by atoms with E-state index in [4.69, 9.17) is 0 Å². The molecule has 180 valence electrons. The Labute approximate surface area is 216 Å². The zero-order valence-electron chi connectivity index (χ0n) is 21.4. The summed E-state index contributed by atoms with van der Waals surface area (Å²) < 4.78 is 0. The zero-order valence-corrected chi connectivity index (χ0v) is 21.4. The first-order valence-corrected chi connectivity index (χ1v) is 13.6. The topological polar surface area (TPSA) is 3.24 Å². The fourth-order valence-electron chi connectivity index (χ4n) is 6.22. The first-order chi connectivity index (χ1) is 17.7. The highest BCUT2D eigenvalue weighted by molar-refractivity contribution is 5.91. The summed E-state index contributed by atoms with van der Waals surface area (Å²) in [6.45, 7) is 4.64. The van der Waals surface area contributed by atoms with Crippen molar-refractivity contribution in [3.63, 3.8) is 0 Å². The van der Waals surface area contributed by atoms with E-state index in [0.29, 0.717) is 17.9 Å². The van der Waals surface area contributed by atoms with Crippen LogP contribution in [0.25, 0.3) is 11.6 Å². The molecular formula is C35H35N. The summed E-state index contributed by atoms with van der Waals surface area (Å²) in [6.07, 6.45) is 7.45. The molecule has 0 spiro atoms. The minimum atomic E-state index is 0.595. The van der Waals surface area contributed by atoms with Crippen LogP contribution in [0.2, 0.25) is 0 Å². The number of rotatable bonds is 6. The van der Waals surface area contributed by atoms with E-state index < -0.39 is 0 Å². The maximum absolute atomic E-state index is 2.64. The second kappa shape index (κ2) is 9.82. The molecule has 0 amide bonds. The lowest BCUT2D eigenvalue weighted by Gasteiger charge is -2.27.